The van der Waals surface area contributed by atoms with Crippen molar-refractivity contribution >= 4 is 10.8 Å². The van der Waals surface area contributed by atoms with Crippen molar-refractivity contribution in [2.75, 3.05) is 0 Å². The zero-order chi connectivity index (χ0) is 24.8. The van der Waals surface area contributed by atoms with Crippen molar-refractivity contribution < 1.29 is 17.6 Å². The highest BCUT2D eigenvalue weighted by Gasteiger charge is 2.29. The van der Waals surface area contributed by atoms with E-state index in [9.17, 15) is 13.2 Å². The van der Waals surface area contributed by atoms with Crippen LogP contribution in [-0.4, -0.2) is 0 Å². The second kappa shape index (κ2) is 11.4. The highest BCUT2D eigenvalue weighted by molar-refractivity contribution is 5.84. The van der Waals surface area contributed by atoms with Crippen LogP contribution in [0.1, 0.15) is 67.2 Å². The maximum absolute atomic E-state index is 15.2. The molecular weight excluding hydrogens is 448 g/mol. The third-order valence-electron chi connectivity index (χ3n) is 7.65. The van der Waals surface area contributed by atoms with E-state index in [-0.39, 0.29) is 5.82 Å². The van der Waals surface area contributed by atoms with Gasteiger partial charge < -0.3 is 0 Å². The molecule has 0 aliphatic heterocycles. The number of fused-ring (bicyclic) bond motifs is 1. The number of hydrogen-bond acceptors (Lipinski definition) is 0. The molecule has 0 spiro atoms. The largest absolute Gasteiger partial charge is 0.416 e. The van der Waals surface area contributed by atoms with Gasteiger partial charge in [-0.25, -0.2) is 4.39 Å². The van der Waals surface area contributed by atoms with Gasteiger partial charge in [-0.2, -0.15) is 13.2 Å². The Bertz CT molecular complexity index is 1120. The number of hydrogen-bond donors (Lipinski definition) is 0. The molecule has 1 saturated carbocycles. The second-order valence-corrected chi connectivity index (χ2v) is 10.1. The average Bonchev–Trinajstić information content (AvgIpc) is 2.86. The van der Waals surface area contributed by atoms with Gasteiger partial charge in [0.2, 0.25) is 0 Å². The van der Waals surface area contributed by atoms with Crippen molar-refractivity contribution in [1.29, 1.82) is 0 Å². The first-order chi connectivity index (χ1) is 16.8. The van der Waals surface area contributed by atoms with Gasteiger partial charge in [-0.1, -0.05) is 74.2 Å². The van der Waals surface area contributed by atoms with Crippen LogP contribution >= 0.6 is 0 Å². The predicted molar refractivity (Wildman–Crippen MR) is 136 cm³/mol. The van der Waals surface area contributed by atoms with Crippen molar-refractivity contribution in [2.24, 2.45) is 11.8 Å². The number of allylic oxidation sites excluding steroid dienone is 1. The molecule has 0 atom stereocenters. The van der Waals surface area contributed by atoms with Crippen molar-refractivity contribution in [1.82, 2.24) is 0 Å². The zero-order valence-electron chi connectivity index (χ0n) is 20.2. The van der Waals surface area contributed by atoms with E-state index in [4.69, 9.17) is 0 Å². The van der Waals surface area contributed by atoms with Gasteiger partial charge in [-0.15, -0.1) is 6.58 Å². The topological polar surface area (TPSA) is 0 Å². The standard InChI is InChI=1S/C31H34F4/c1-2-3-4-22-5-7-23(8-6-22)9-10-25-14-20-29-27(21-25)17-16-26(30(29)32)15-11-24-12-18-28(19-13-24)31(33,34)35/h2,12-14,16-23H,1,3-11,15H2. The predicted octanol–water partition coefficient (Wildman–Crippen LogP) is 9.49. The minimum absolute atomic E-state index is 0.223. The summed E-state index contributed by atoms with van der Waals surface area (Å²) in [6, 6.07) is 14.9. The quantitative estimate of drug-likeness (QED) is 0.210. The Morgan fingerprint density at radius 2 is 1.43 bits per heavy atom. The Kier molecular flexibility index (Phi) is 8.30. The Labute approximate surface area is 206 Å². The molecule has 3 aromatic carbocycles. The molecule has 0 radical (unpaired) electrons. The zero-order valence-corrected chi connectivity index (χ0v) is 20.2. The van der Waals surface area contributed by atoms with Crippen LogP contribution in [0.5, 0.6) is 0 Å². The minimum atomic E-state index is -4.34. The minimum Gasteiger partial charge on any atom is -0.206 e. The molecule has 0 aromatic heterocycles. The number of rotatable bonds is 9. The lowest BCUT2D eigenvalue weighted by Crippen LogP contribution is -2.15. The average molecular weight is 483 g/mol. The van der Waals surface area contributed by atoms with Crippen molar-refractivity contribution in [3.8, 4) is 0 Å². The van der Waals surface area contributed by atoms with Gasteiger partial charge in [0.15, 0.2) is 0 Å². The monoisotopic (exact) mass is 482 g/mol. The summed E-state index contributed by atoms with van der Waals surface area (Å²) in [5, 5.41) is 1.52. The Balaban J connectivity index is 1.33. The summed E-state index contributed by atoms with van der Waals surface area (Å²) in [5.74, 6) is 1.43. The summed E-state index contributed by atoms with van der Waals surface area (Å²) < 4.78 is 53.4. The van der Waals surface area contributed by atoms with Crippen molar-refractivity contribution in [3.63, 3.8) is 0 Å². The van der Waals surface area contributed by atoms with Crippen LogP contribution < -0.4 is 0 Å². The molecule has 186 valence electrons. The molecule has 1 fully saturated rings. The molecule has 0 saturated heterocycles. The molecule has 4 heteroatoms. The first kappa shape index (κ1) is 25.5. The number of alkyl halides is 3. The van der Waals surface area contributed by atoms with Crippen LogP contribution in [0, 0.1) is 17.7 Å². The number of benzene rings is 3. The van der Waals surface area contributed by atoms with Crippen LogP contribution in [0.15, 0.2) is 67.3 Å². The van der Waals surface area contributed by atoms with Crippen LogP contribution in [0.2, 0.25) is 0 Å². The molecule has 1 aliphatic carbocycles. The fourth-order valence-electron chi connectivity index (χ4n) is 5.41. The highest BCUT2D eigenvalue weighted by atomic mass is 19.4. The van der Waals surface area contributed by atoms with Gasteiger partial charge >= 0.3 is 6.18 Å². The summed E-state index contributed by atoms with van der Waals surface area (Å²) in [6.45, 7) is 3.83. The molecule has 0 N–H and O–H groups in total. The molecule has 0 nitrogen and oxygen atoms in total. The summed E-state index contributed by atoms with van der Waals surface area (Å²) in [6.07, 6.45) is 8.52. The van der Waals surface area contributed by atoms with Gasteiger partial charge in [-0.05, 0) is 84.6 Å². The Morgan fingerprint density at radius 3 is 2.09 bits per heavy atom. The van der Waals surface area contributed by atoms with Gasteiger partial charge in [0.1, 0.15) is 5.82 Å². The van der Waals surface area contributed by atoms with Gasteiger partial charge in [-0.3, -0.25) is 0 Å². The fourth-order valence-corrected chi connectivity index (χ4v) is 5.41. The molecule has 0 unspecified atom stereocenters. The number of aryl methyl sites for hydroxylation is 3. The van der Waals surface area contributed by atoms with Gasteiger partial charge in [0.05, 0.1) is 5.56 Å². The molecule has 0 amide bonds. The molecule has 0 heterocycles. The summed E-state index contributed by atoms with van der Waals surface area (Å²) in [7, 11) is 0. The van der Waals surface area contributed by atoms with E-state index < -0.39 is 11.7 Å². The van der Waals surface area contributed by atoms with E-state index in [1.165, 1.54) is 56.2 Å². The maximum Gasteiger partial charge on any atom is 0.416 e. The van der Waals surface area contributed by atoms with E-state index >= 15 is 4.39 Å². The molecular formula is C31H34F4. The molecule has 1 aliphatic rings. The third-order valence-corrected chi connectivity index (χ3v) is 7.65. The second-order valence-electron chi connectivity index (χ2n) is 10.1. The first-order valence-electron chi connectivity index (χ1n) is 12.8. The van der Waals surface area contributed by atoms with Crippen LogP contribution in [-0.2, 0) is 25.4 Å². The lowest BCUT2D eigenvalue weighted by molar-refractivity contribution is -0.137. The lowest BCUT2D eigenvalue weighted by Gasteiger charge is -2.28. The Hall–Kier alpha value is -2.62. The van der Waals surface area contributed by atoms with Crippen LogP contribution in [0.25, 0.3) is 10.8 Å². The molecule has 0 bridgehead atoms. The smallest absolute Gasteiger partial charge is 0.206 e. The van der Waals surface area contributed by atoms with Crippen LogP contribution in [0.4, 0.5) is 17.6 Å². The fraction of sp³-hybridized carbons (Fsp3) is 0.419. The van der Waals surface area contributed by atoms with Crippen molar-refractivity contribution in [2.45, 2.75) is 70.4 Å². The Morgan fingerprint density at radius 1 is 0.771 bits per heavy atom. The molecule has 3 aromatic rings. The lowest BCUT2D eigenvalue weighted by atomic mass is 9.78. The van der Waals surface area contributed by atoms with Gasteiger partial charge in [0, 0.05) is 5.39 Å². The third kappa shape index (κ3) is 6.74. The highest BCUT2D eigenvalue weighted by Crippen LogP contribution is 2.34. The normalized spacial score (nSPS) is 18.6. The first-order valence-corrected chi connectivity index (χ1v) is 12.8. The van der Waals surface area contributed by atoms with Gasteiger partial charge in [0.25, 0.3) is 0 Å². The summed E-state index contributed by atoms with van der Waals surface area (Å²) in [4.78, 5) is 0. The summed E-state index contributed by atoms with van der Waals surface area (Å²) in [5.41, 5.74) is 1.95. The van der Waals surface area contributed by atoms with E-state index in [0.717, 1.165) is 47.8 Å². The van der Waals surface area contributed by atoms with E-state index in [0.29, 0.717) is 23.8 Å². The SMILES string of the molecule is C=CCCC1CCC(CCc2ccc3c(F)c(CCc4ccc(C(F)(F)F)cc4)ccc3c2)CC1. The van der Waals surface area contributed by atoms with E-state index in [1.807, 2.05) is 30.3 Å². The van der Waals surface area contributed by atoms with E-state index in [2.05, 4.69) is 12.6 Å². The summed E-state index contributed by atoms with van der Waals surface area (Å²) >= 11 is 0. The van der Waals surface area contributed by atoms with Crippen molar-refractivity contribution in [3.05, 3.63) is 95.3 Å². The van der Waals surface area contributed by atoms with Crippen LogP contribution in [0.3, 0.4) is 0 Å². The van der Waals surface area contributed by atoms with E-state index in [1.54, 1.807) is 0 Å². The molecule has 35 heavy (non-hydrogen) atoms. The molecule has 4 rings (SSSR count). The maximum atomic E-state index is 15.2. The number of halogens is 4.